The highest BCUT2D eigenvalue weighted by Crippen LogP contribution is 2.34. The van der Waals surface area contributed by atoms with Gasteiger partial charge in [0, 0.05) is 18.2 Å². The monoisotopic (exact) mass is 476 g/mol. The van der Waals surface area contributed by atoms with Crippen LogP contribution in [0.1, 0.15) is 44.9 Å². The van der Waals surface area contributed by atoms with Crippen LogP contribution in [0.3, 0.4) is 0 Å². The minimum Gasteiger partial charge on any atom is -0.364 e. The molecule has 2 aromatic heterocycles. The largest absolute Gasteiger partial charge is 0.364 e. The second kappa shape index (κ2) is 9.46. The summed E-state index contributed by atoms with van der Waals surface area (Å²) in [5.41, 5.74) is 4.03. The summed E-state index contributed by atoms with van der Waals surface area (Å²) in [5.74, 6) is 0.796. The molecular formula is C26H32N6OS. The number of hydrogen-bond donors (Lipinski definition) is 2. The first-order valence-electron chi connectivity index (χ1n) is 11.4. The zero-order chi connectivity index (χ0) is 24.5. The Morgan fingerprint density at radius 3 is 2.44 bits per heavy atom. The van der Waals surface area contributed by atoms with Gasteiger partial charge >= 0.3 is 0 Å². The highest BCUT2D eigenvalue weighted by Gasteiger charge is 2.23. The Morgan fingerprint density at radius 2 is 1.79 bits per heavy atom. The average Bonchev–Trinajstić information content (AvgIpc) is 3.33. The SMILES string of the molecule is Cc1ccc(-c2nc3sc(N(C)CC(=O)N[C@@H](C)c4ccccc4)nn3c2NC(C)(C)C)cc1. The second-order valence-corrected chi connectivity index (χ2v) is 10.6. The van der Waals surface area contributed by atoms with Crippen molar-refractivity contribution in [2.45, 2.75) is 46.2 Å². The first-order valence-corrected chi connectivity index (χ1v) is 12.2. The van der Waals surface area contributed by atoms with E-state index in [1.54, 1.807) is 0 Å². The number of rotatable bonds is 7. The number of aryl methyl sites for hydroxylation is 1. The number of aromatic nitrogens is 3. The van der Waals surface area contributed by atoms with Crippen LogP contribution in [0.5, 0.6) is 0 Å². The van der Waals surface area contributed by atoms with Crippen LogP contribution < -0.4 is 15.5 Å². The summed E-state index contributed by atoms with van der Waals surface area (Å²) in [4.78, 5) is 20.2. The number of fused-ring (bicyclic) bond motifs is 1. The molecule has 1 atom stereocenters. The van der Waals surface area contributed by atoms with E-state index in [-0.39, 0.29) is 24.0 Å². The van der Waals surface area contributed by atoms with Gasteiger partial charge in [-0.3, -0.25) is 4.79 Å². The van der Waals surface area contributed by atoms with Crippen molar-refractivity contribution in [2.75, 3.05) is 23.8 Å². The molecular weight excluding hydrogens is 444 g/mol. The topological polar surface area (TPSA) is 74.6 Å². The standard InChI is InChI=1S/C26H32N6OS/c1-17-12-14-20(15-13-17)22-23(29-26(3,4)5)32-24(28-22)34-25(30-32)31(6)16-21(33)27-18(2)19-10-8-7-9-11-19/h7-15,18,29H,16H2,1-6H3,(H,27,33)/t18-/m0/s1. The highest BCUT2D eigenvalue weighted by molar-refractivity contribution is 7.20. The second-order valence-electron chi connectivity index (χ2n) is 9.69. The maximum atomic E-state index is 12.7. The molecule has 0 fully saturated rings. The van der Waals surface area contributed by atoms with E-state index in [9.17, 15) is 4.79 Å². The van der Waals surface area contributed by atoms with Crippen LogP contribution >= 0.6 is 11.3 Å². The Kier molecular flexibility index (Phi) is 6.61. The number of anilines is 2. The van der Waals surface area contributed by atoms with Gasteiger partial charge in [0.05, 0.1) is 12.6 Å². The molecule has 7 nitrogen and oxygen atoms in total. The summed E-state index contributed by atoms with van der Waals surface area (Å²) in [6, 6.07) is 18.2. The van der Waals surface area contributed by atoms with E-state index in [0.717, 1.165) is 32.7 Å². The van der Waals surface area contributed by atoms with E-state index in [1.807, 2.05) is 53.7 Å². The zero-order valence-corrected chi connectivity index (χ0v) is 21.4. The van der Waals surface area contributed by atoms with Crippen molar-refractivity contribution < 1.29 is 4.79 Å². The number of amides is 1. The quantitative estimate of drug-likeness (QED) is 0.379. The van der Waals surface area contributed by atoms with E-state index in [2.05, 4.69) is 62.6 Å². The fourth-order valence-electron chi connectivity index (χ4n) is 3.67. The summed E-state index contributed by atoms with van der Waals surface area (Å²) in [6.45, 7) is 10.6. The molecule has 2 aromatic carbocycles. The van der Waals surface area contributed by atoms with Crippen LogP contribution in [0.4, 0.5) is 10.9 Å². The number of benzene rings is 2. The summed E-state index contributed by atoms with van der Waals surface area (Å²) >= 11 is 1.47. The Hall–Kier alpha value is -3.39. The van der Waals surface area contributed by atoms with Crippen LogP contribution in [0.25, 0.3) is 16.2 Å². The number of nitrogens with one attached hydrogen (secondary N) is 2. The third kappa shape index (κ3) is 5.39. The van der Waals surface area contributed by atoms with Crippen molar-refractivity contribution in [3.63, 3.8) is 0 Å². The Morgan fingerprint density at radius 1 is 1.12 bits per heavy atom. The lowest BCUT2D eigenvalue weighted by Gasteiger charge is -2.22. The Bertz CT molecular complexity index is 1270. The highest BCUT2D eigenvalue weighted by atomic mass is 32.1. The van der Waals surface area contributed by atoms with Crippen molar-refractivity contribution in [2.24, 2.45) is 0 Å². The van der Waals surface area contributed by atoms with Crippen LogP contribution in [0, 0.1) is 6.92 Å². The summed E-state index contributed by atoms with van der Waals surface area (Å²) in [5, 5.41) is 12.2. The summed E-state index contributed by atoms with van der Waals surface area (Å²) in [7, 11) is 1.88. The molecule has 4 aromatic rings. The minimum atomic E-state index is -0.168. The van der Waals surface area contributed by atoms with Gasteiger partial charge in [-0.1, -0.05) is 71.5 Å². The van der Waals surface area contributed by atoms with Crippen molar-refractivity contribution in [1.29, 1.82) is 0 Å². The van der Waals surface area contributed by atoms with Crippen LogP contribution in [-0.2, 0) is 4.79 Å². The van der Waals surface area contributed by atoms with E-state index in [1.165, 1.54) is 16.9 Å². The van der Waals surface area contributed by atoms with Gasteiger partial charge in [-0.15, -0.1) is 5.10 Å². The molecule has 4 rings (SSSR count). The van der Waals surface area contributed by atoms with E-state index in [4.69, 9.17) is 10.1 Å². The lowest BCUT2D eigenvalue weighted by atomic mass is 10.1. The first-order chi connectivity index (χ1) is 16.1. The number of carbonyl (C=O) groups is 1. The van der Waals surface area contributed by atoms with Gasteiger partial charge in [0.15, 0.2) is 5.82 Å². The molecule has 2 N–H and O–H groups in total. The molecule has 8 heteroatoms. The molecule has 0 unspecified atom stereocenters. The average molecular weight is 477 g/mol. The smallest absolute Gasteiger partial charge is 0.240 e. The number of carbonyl (C=O) groups excluding carboxylic acids is 1. The van der Waals surface area contributed by atoms with Crippen molar-refractivity contribution >= 4 is 33.2 Å². The van der Waals surface area contributed by atoms with Gasteiger partial charge in [0.2, 0.25) is 16.0 Å². The number of imidazole rings is 1. The number of hydrogen-bond acceptors (Lipinski definition) is 6. The molecule has 34 heavy (non-hydrogen) atoms. The van der Waals surface area contributed by atoms with E-state index < -0.39 is 0 Å². The molecule has 0 saturated heterocycles. The maximum Gasteiger partial charge on any atom is 0.240 e. The van der Waals surface area contributed by atoms with Crippen LogP contribution in [-0.4, -0.2) is 39.6 Å². The summed E-state index contributed by atoms with van der Waals surface area (Å²) < 4.78 is 1.85. The van der Waals surface area contributed by atoms with Crippen LogP contribution in [0.2, 0.25) is 0 Å². The van der Waals surface area contributed by atoms with Gasteiger partial charge in [0.25, 0.3) is 0 Å². The first kappa shape index (κ1) is 23.8. The predicted octanol–water partition coefficient (Wildman–Crippen LogP) is 5.29. The molecule has 0 saturated carbocycles. The molecule has 0 bridgehead atoms. The molecule has 0 spiro atoms. The fraction of sp³-hybridized carbons (Fsp3) is 0.346. The maximum absolute atomic E-state index is 12.7. The molecule has 0 aliphatic carbocycles. The summed E-state index contributed by atoms with van der Waals surface area (Å²) in [6.07, 6.45) is 0. The molecule has 0 aliphatic rings. The number of likely N-dealkylation sites (N-methyl/N-ethyl adjacent to an activating group) is 1. The van der Waals surface area contributed by atoms with Crippen molar-refractivity contribution in [3.05, 3.63) is 65.7 Å². The van der Waals surface area contributed by atoms with Gasteiger partial charge in [-0.2, -0.15) is 4.52 Å². The van der Waals surface area contributed by atoms with Crippen LogP contribution in [0.15, 0.2) is 54.6 Å². The van der Waals surface area contributed by atoms with Gasteiger partial charge < -0.3 is 15.5 Å². The van der Waals surface area contributed by atoms with Crippen molar-refractivity contribution in [3.8, 4) is 11.3 Å². The zero-order valence-electron chi connectivity index (χ0n) is 20.6. The Balaban J connectivity index is 1.56. The van der Waals surface area contributed by atoms with Gasteiger partial charge in [-0.25, -0.2) is 4.98 Å². The molecule has 0 aliphatic heterocycles. The molecule has 178 valence electrons. The third-order valence-electron chi connectivity index (χ3n) is 5.40. The third-order valence-corrected chi connectivity index (χ3v) is 6.42. The molecule has 2 heterocycles. The lowest BCUT2D eigenvalue weighted by molar-refractivity contribution is -0.120. The molecule has 0 radical (unpaired) electrons. The fourth-order valence-corrected chi connectivity index (χ4v) is 4.53. The van der Waals surface area contributed by atoms with Gasteiger partial charge in [-0.05, 0) is 40.2 Å². The van der Waals surface area contributed by atoms with E-state index in [0.29, 0.717) is 0 Å². The van der Waals surface area contributed by atoms with Gasteiger partial charge in [0.1, 0.15) is 5.69 Å². The van der Waals surface area contributed by atoms with E-state index >= 15 is 0 Å². The minimum absolute atomic E-state index is 0.0555. The number of nitrogens with zero attached hydrogens (tertiary/aromatic N) is 4. The lowest BCUT2D eigenvalue weighted by Crippen LogP contribution is -2.36. The molecule has 1 amide bonds. The van der Waals surface area contributed by atoms with Crippen molar-refractivity contribution in [1.82, 2.24) is 19.9 Å². The Labute approximate surface area is 204 Å². The normalized spacial score (nSPS) is 12.5. The predicted molar refractivity (Wildman–Crippen MR) is 141 cm³/mol.